The Morgan fingerprint density at radius 2 is 1.41 bits per heavy atom. The third-order valence-corrected chi connectivity index (χ3v) is 6.89. The maximum absolute atomic E-state index is 13.4. The summed E-state index contributed by atoms with van der Waals surface area (Å²) in [5, 5.41) is 5.85. The lowest BCUT2D eigenvalue weighted by molar-refractivity contribution is -0.117. The molecule has 0 heterocycles. The van der Waals surface area contributed by atoms with E-state index >= 15 is 0 Å². The van der Waals surface area contributed by atoms with Gasteiger partial charge >= 0.3 is 0 Å². The van der Waals surface area contributed by atoms with E-state index in [1.54, 1.807) is 18.2 Å². The van der Waals surface area contributed by atoms with E-state index in [-0.39, 0.29) is 22.0 Å². The number of alkyl halides is 2. The van der Waals surface area contributed by atoms with Crippen LogP contribution in [0.3, 0.4) is 0 Å². The molecule has 1 aliphatic rings. The van der Waals surface area contributed by atoms with Crippen molar-refractivity contribution < 1.29 is 18.4 Å². The van der Waals surface area contributed by atoms with Gasteiger partial charge in [-0.05, 0) is 54.1 Å². The molecular formula is C23H13Cl5F2N2O2. The molecule has 1 aliphatic carbocycles. The van der Waals surface area contributed by atoms with Gasteiger partial charge in [0.2, 0.25) is 5.91 Å². The van der Waals surface area contributed by atoms with Gasteiger partial charge in [0.05, 0.1) is 16.5 Å². The van der Waals surface area contributed by atoms with Crippen LogP contribution in [0.15, 0.2) is 54.6 Å². The van der Waals surface area contributed by atoms with Gasteiger partial charge in [-0.1, -0.05) is 34.8 Å². The number of amides is 2. The minimum atomic E-state index is -1.38. The molecule has 1 saturated carbocycles. The van der Waals surface area contributed by atoms with E-state index in [2.05, 4.69) is 10.6 Å². The lowest BCUT2D eigenvalue weighted by Crippen LogP contribution is -2.18. The fraction of sp³-hybridized carbons (Fsp3) is 0.130. The largest absolute Gasteiger partial charge is 0.326 e. The van der Waals surface area contributed by atoms with E-state index in [1.807, 2.05) is 0 Å². The summed E-state index contributed by atoms with van der Waals surface area (Å²) in [4.78, 5) is 25.5. The standard InChI is InChI=1S/C23H13Cl5F2N2O2/c24-11-3-10(4-12(25)5-11)19-20(23(19,27)28)22(34)31-15-1-2-18(26)17(9-15)21(33)32-16-7-13(29)6-14(30)8-16/h1-9,19-20H,(H,31,34)(H,32,33). The summed E-state index contributed by atoms with van der Waals surface area (Å²) in [5.41, 5.74) is 0.731. The molecule has 3 aromatic rings. The van der Waals surface area contributed by atoms with Crippen LogP contribution < -0.4 is 10.6 Å². The van der Waals surface area contributed by atoms with Crippen molar-refractivity contribution in [2.75, 3.05) is 10.6 Å². The number of nitrogens with one attached hydrogen (secondary N) is 2. The van der Waals surface area contributed by atoms with E-state index in [4.69, 9.17) is 58.0 Å². The third kappa shape index (κ3) is 5.26. The van der Waals surface area contributed by atoms with Gasteiger partial charge in [0.25, 0.3) is 5.91 Å². The molecule has 3 aromatic carbocycles. The maximum atomic E-state index is 13.4. The van der Waals surface area contributed by atoms with Crippen LogP contribution in [0.4, 0.5) is 20.2 Å². The first-order chi connectivity index (χ1) is 16.0. The van der Waals surface area contributed by atoms with Crippen molar-refractivity contribution in [2.24, 2.45) is 5.92 Å². The van der Waals surface area contributed by atoms with Gasteiger partial charge in [-0.15, -0.1) is 23.2 Å². The molecule has 0 radical (unpaired) electrons. The summed E-state index contributed by atoms with van der Waals surface area (Å²) in [6.45, 7) is 0. The highest BCUT2D eigenvalue weighted by atomic mass is 35.5. The molecule has 2 atom stereocenters. The van der Waals surface area contributed by atoms with Crippen molar-refractivity contribution >= 4 is 81.2 Å². The van der Waals surface area contributed by atoms with Crippen molar-refractivity contribution in [3.05, 3.63) is 92.4 Å². The molecule has 2 amide bonds. The predicted molar refractivity (Wildman–Crippen MR) is 132 cm³/mol. The van der Waals surface area contributed by atoms with Crippen LogP contribution in [0.2, 0.25) is 15.1 Å². The normalized spacial score (nSPS) is 18.3. The second-order valence-corrected chi connectivity index (χ2v) is 10.4. The highest BCUT2D eigenvalue weighted by Crippen LogP contribution is 2.65. The number of benzene rings is 3. The average Bonchev–Trinajstić information content (AvgIpc) is 3.30. The highest BCUT2D eigenvalue weighted by molar-refractivity contribution is 6.53. The number of carbonyl (C=O) groups is 2. The van der Waals surface area contributed by atoms with Crippen LogP contribution in [0.25, 0.3) is 0 Å². The molecule has 34 heavy (non-hydrogen) atoms. The smallest absolute Gasteiger partial charge is 0.257 e. The fourth-order valence-corrected chi connectivity index (χ4v) is 5.22. The molecule has 1 fully saturated rings. The lowest BCUT2D eigenvalue weighted by Gasteiger charge is -2.10. The zero-order valence-corrected chi connectivity index (χ0v) is 20.6. The molecule has 0 bridgehead atoms. The van der Waals surface area contributed by atoms with Gasteiger partial charge in [-0.25, -0.2) is 8.78 Å². The van der Waals surface area contributed by atoms with E-state index in [9.17, 15) is 18.4 Å². The highest BCUT2D eigenvalue weighted by Gasteiger charge is 2.67. The molecule has 2 N–H and O–H groups in total. The van der Waals surface area contributed by atoms with Gasteiger partial charge in [0.15, 0.2) is 0 Å². The number of carbonyl (C=O) groups excluding carboxylic acids is 2. The van der Waals surface area contributed by atoms with Crippen molar-refractivity contribution in [3.8, 4) is 0 Å². The van der Waals surface area contributed by atoms with E-state index in [0.717, 1.165) is 12.1 Å². The van der Waals surface area contributed by atoms with Crippen LogP contribution in [0.1, 0.15) is 21.8 Å². The van der Waals surface area contributed by atoms with E-state index < -0.39 is 39.6 Å². The third-order valence-electron chi connectivity index (χ3n) is 5.18. The number of anilines is 2. The Morgan fingerprint density at radius 1 is 0.794 bits per heavy atom. The van der Waals surface area contributed by atoms with Gasteiger partial charge in [0, 0.05) is 33.4 Å². The average molecular weight is 565 g/mol. The second-order valence-electron chi connectivity index (χ2n) is 7.63. The quantitative estimate of drug-likeness (QED) is 0.312. The molecular weight excluding hydrogens is 552 g/mol. The topological polar surface area (TPSA) is 58.2 Å². The van der Waals surface area contributed by atoms with Gasteiger partial charge in [-0.3, -0.25) is 9.59 Å². The second kappa shape index (κ2) is 9.51. The molecule has 4 nitrogen and oxygen atoms in total. The molecule has 0 aromatic heterocycles. The monoisotopic (exact) mass is 562 g/mol. The Kier molecular flexibility index (Phi) is 7.00. The van der Waals surface area contributed by atoms with Gasteiger partial charge in [-0.2, -0.15) is 0 Å². The fourth-order valence-electron chi connectivity index (χ4n) is 3.64. The van der Waals surface area contributed by atoms with Crippen LogP contribution in [-0.4, -0.2) is 16.1 Å². The Bertz CT molecular complexity index is 1280. The maximum Gasteiger partial charge on any atom is 0.257 e. The minimum Gasteiger partial charge on any atom is -0.326 e. The van der Waals surface area contributed by atoms with Crippen LogP contribution in [-0.2, 0) is 4.79 Å². The van der Waals surface area contributed by atoms with Crippen molar-refractivity contribution in [1.29, 1.82) is 0 Å². The van der Waals surface area contributed by atoms with E-state index in [0.29, 0.717) is 21.7 Å². The zero-order chi connectivity index (χ0) is 24.8. The first-order valence-electron chi connectivity index (χ1n) is 9.67. The van der Waals surface area contributed by atoms with Crippen molar-refractivity contribution in [2.45, 2.75) is 10.3 Å². The van der Waals surface area contributed by atoms with Crippen LogP contribution in [0.5, 0.6) is 0 Å². The van der Waals surface area contributed by atoms with Crippen molar-refractivity contribution in [3.63, 3.8) is 0 Å². The Balaban J connectivity index is 1.52. The lowest BCUT2D eigenvalue weighted by atomic mass is 10.1. The zero-order valence-electron chi connectivity index (χ0n) is 16.8. The summed E-state index contributed by atoms with van der Waals surface area (Å²) in [6, 6.07) is 11.6. The van der Waals surface area contributed by atoms with Crippen LogP contribution in [0, 0.1) is 17.6 Å². The van der Waals surface area contributed by atoms with Crippen LogP contribution >= 0.6 is 58.0 Å². The Labute approximate surface area is 218 Å². The minimum absolute atomic E-state index is 0.0267. The number of halogens is 7. The Morgan fingerprint density at radius 3 is 2.03 bits per heavy atom. The predicted octanol–water partition coefficient (Wildman–Crippen LogP) is 7.70. The molecule has 0 saturated heterocycles. The van der Waals surface area contributed by atoms with Gasteiger partial charge in [0.1, 0.15) is 16.0 Å². The first-order valence-corrected chi connectivity index (χ1v) is 11.6. The number of hydrogen-bond donors (Lipinski definition) is 2. The molecule has 11 heteroatoms. The summed E-state index contributed by atoms with van der Waals surface area (Å²) in [7, 11) is 0. The SMILES string of the molecule is O=C(Nc1cc(F)cc(F)c1)c1cc(NC(=O)C2C(c3cc(Cl)cc(Cl)c3)C2(Cl)Cl)ccc1Cl. The molecule has 176 valence electrons. The number of hydrogen-bond acceptors (Lipinski definition) is 2. The summed E-state index contributed by atoms with van der Waals surface area (Å²) < 4.78 is 25.4. The van der Waals surface area contributed by atoms with Crippen molar-refractivity contribution in [1.82, 2.24) is 0 Å². The molecule has 0 spiro atoms. The summed E-state index contributed by atoms with van der Waals surface area (Å²) in [5.74, 6) is -4.29. The molecule has 4 rings (SSSR count). The summed E-state index contributed by atoms with van der Waals surface area (Å²) >= 11 is 30.9. The first kappa shape index (κ1) is 25.0. The molecule has 0 aliphatic heterocycles. The number of rotatable bonds is 5. The Hall–Kier alpha value is -2.09. The van der Waals surface area contributed by atoms with Gasteiger partial charge < -0.3 is 10.6 Å². The van der Waals surface area contributed by atoms with E-state index in [1.165, 1.54) is 18.2 Å². The summed E-state index contributed by atoms with van der Waals surface area (Å²) in [6.07, 6.45) is 0. The molecule has 2 unspecified atom stereocenters.